The first-order valence-corrected chi connectivity index (χ1v) is 9.31. The second-order valence-corrected chi connectivity index (χ2v) is 8.97. The molecule has 0 fully saturated rings. The monoisotopic (exact) mass is 375 g/mol. The van der Waals surface area contributed by atoms with E-state index in [2.05, 4.69) is 26.1 Å². The molecular weight excluding hydrogens is 353 g/mol. The molecule has 1 aliphatic heterocycles. The minimum Gasteiger partial charge on any atom is -0.325 e. The van der Waals surface area contributed by atoms with Gasteiger partial charge in [-0.05, 0) is 60.1 Å². The number of anilines is 1. The van der Waals surface area contributed by atoms with E-state index in [4.69, 9.17) is 23.2 Å². The third-order valence-corrected chi connectivity index (χ3v) is 5.35. The molecule has 4 heteroatoms. The van der Waals surface area contributed by atoms with Crippen molar-refractivity contribution in [2.45, 2.75) is 45.4 Å². The van der Waals surface area contributed by atoms with Crippen LogP contribution in [0.5, 0.6) is 0 Å². The fraction of sp³-hybridized carbons (Fsp3) is 0.381. The predicted octanol–water partition coefficient (Wildman–Crippen LogP) is 6.25. The lowest BCUT2D eigenvalue weighted by Gasteiger charge is -2.31. The molecule has 3 rings (SSSR count). The van der Waals surface area contributed by atoms with Crippen LogP contribution in [-0.2, 0) is 16.6 Å². The maximum Gasteiger partial charge on any atom is 0.235 e. The van der Waals surface area contributed by atoms with E-state index in [1.165, 1.54) is 0 Å². The lowest BCUT2D eigenvalue weighted by Crippen LogP contribution is -2.37. The average molecular weight is 376 g/mol. The van der Waals surface area contributed by atoms with Gasteiger partial charge in [-0.15, -0.1) is 0 Å². The van der Waals surface area contributed by atoms with Gasteiger partial charge >= 0.3 is 0 Å². The summed E-state index contributed by atoms with van der Waals surface area (Å²) in [4.78, 5) is 13.1. The predicted molar refractivity (Wildman–Crippen MR) is 106 cm³/mol. The summed E-state index contributed by atoms with van der Waals surface area (Å²) < 4.78 is 0. The van der Waals surface area contributed by atoms with E-state index in [0.29, 0.717) is 16.5 Å². The number of hydrogen-bond acceptors (Lipinski definition) is 1. The van der Waals surface area contributed by atoms with Crippen LogP contribution in [0.25, 0.3) is 0 Å². The van der Waals surface area contributed by atoms with Gasteiger partial charge in [0.2, 0.25) is 5.91 Å². The zero-order valence-electron chi connectivity index (χ0n) is 14.8. The summed E-state index contributed by atoms with van der Waals surface area (Å²) in [5, 5.41) is 4.37. The summed E-state index contributed by atoms with van der Waals surface area (Å²) in [7, 11) is 0. The van der Waals surface area contributed by atoms with Crippen molar-refractivity contribution in [1.82, 2.24) is 0 Å². The van der Waals surface area contributed by atoms with Gasteiger partial charge in [0.05, 0.1) is 5.41 Å². The van der Waals surface area contributed by atoms with Gasteiger partial charge in [-0.3, -0.25) is 4.79 Å². The smallest absolute Gasteiger partial charge is 0.235 e. The molecule has 1 N–H and O–H groups in total. The zero-order valence-corrected chi connectivity index (χ0v) is 16.3. The van der Waals surface area contributed by atoms with Crippen molar-refractivity contribution in [2.24, 2.45) is 5.41 Å². The van der Waals surface area contributed by atoms with Crippen LogP contribution in [0.1, 0.15) is 44.7 Å². The van der Waals surface area contributed by atoms with Crippen LogP contribution in [0.4, 0.5) is 5.69 Å². The molecule has 0 aromatic heterocycles. The number of nitrogens with one attached hydrogen (secondary N) is 1. The van der Waals surface area contributed by atoms with Crippen LogP contribution in [0.3, 0.4) is 0 Å². The molecule has 0 saturated carbocycles. The molecule has 0 saturated heterocycles. The molecule has 1 atom stereocenters. The van der Waals surface area contributed by atoms with Gasteiger partial charge in [-0.1, -0.05) is 62.2 Å². The lowest BCUT2D eigenvalue weighted by molar-refractivity contribution is -0.121. The van der Waals surface area contributed by atoms with E-state index in [1.54, 1.807) is 0 Å². The van der Waals surface area contributed by atoms with E-state index in [0.717, 1.165) is 29.7 Å². The number of carbonyl (C=O) groups excluding carboxylic acids is 1. The number of benzene rings is 2. The Hall–Kier alpha value is -1.51. The summed E-state index contributed by atoms with van der Waals surface area (Å²) in [5.41, 5.74) is 2.49. The minimum atomic E-state index is -0.585. The highest BCUT2D eigenvalue weighted by Crippen LogP contribution is 2.46. The molecule has 0 aliphatic carbocycles. The summed E-state index contributed by atoms with van der Waals surface area (Å²) in [6.45, 7) is 6.61. The molecule has 1 heterocycles. The molecule has 1 amide bonds. The topological polar surface area (TPSA) is 29.1 Å². The third kappa shape index (κ3) is 3.86. The highest BCUT2D eigenvalue weighted by molar-refractivity contribution is 6.31. The summed E-state index contributed by atoms with van der Waals surface area (Å²) in [6.07, 6.45) is 2.36. The van der Waals surface area contributed by atoms with Gasteiger partial charge in [0.25, 0.3) is 0 Å². The molecule has 2 aromatic carbocycles. The molecule has 0 spiro atoms. The zero-order chi connectivity index (χ0) is 18.2. The lowest BCUT2D eigenvalue weighted by atomic mass is 9.70. The van der Waals surface area contributed by atoms with E-state index >= 15 is 0 Å². The average Bonchev–Trinajstić information content (AvgIpc) is 2.76. The van der Waals surface area contributed by atoms with E-state index < -0.39 is 5.41 Å². The van der Waals surface area contributed by atoms with Gasteiger partial charge in [-0.2, -0.15) is 0 Å². The van der Waals surface area contributed by atoms with Gasteiger partial charge in [0, 0.05) is 15.7 Å². The van der Waals surface area contributed by atoms with Crippen LogP contribution >= 0.6 is 23.2 Å². The second-order valence-electron chi connectivity index (χ2n) is 8.09. The Morgan fingerprint density at radius 2 is 1.76 bits per heavy atom. The normalized spacial score (nSPS) is 19.6. The summed E-state index contributed by atoms with van der Waals surface area (Å²) in [6, 6.07) is 13.5. The van der Waals surface area contributed by atoms with Crippen LogP contribution in [0.15, 0.2) is 42.5 Å². The van der Waals surface area contributed by atoms with Crippen LogP contribution in [-0.4, -0.2) is 5.91 Å². The number of rotatable bonds is 4. The molecular formula is C21H23Cl2NO. The second kappa shape index (κ2) is 6.66. The first kappa shape index (κ1) is 18.3. The summed E-state index contributed by atoms with van der Waals surface area (Å²) >= 11 is 12.3. The minimum absolute atomic E-state index is 0.0500. The highest BCUT2D eigenvalue weighted by Gasteiger charge is 2.46. The number of carbonyl (C=O) groups is 1. The molecule has 132 valence electrons. The maximum atomic E-state index is 13.1. The van der Waals surface area contributed by atoms with Crippen LogP contribution in [0, 0.1) is 5.41 Å². The quantitative estimate of drug-likeness (QED) is 0.671. The molecule has 1 aliphatic rings. The van der Waals surface area contributed by atoms with Crippen molar-refractivity contribution >= 4 is 34.8 Å². The van der Waals surface area contributed by atoms with Gasteiger partial charge in [0.1, 0.15) is 0 Å². The van der Waals surface area contributed by atoms with Crippen molar-refractivity contribution < 1.29 is 4.79 Å². The Balaban J connectivity index is 2.05. The SMILES string of the molecule is CC(C)(C)CCC1(Cc2cccc(Cl)c2)C(=O)Nc2cc(Cl)ccc21. The Kier molecular flexibility index (Phi) is 4.87. The Labute approximate surface area is 159 Å². The van der Waals surface area contributed by atoms with Crippen molar-refractivity contribution in [1.29, 1.82) is 0 Å². The molecule has 2 nitrogen and oxygen atoms in total. The summed E-state index contributed by atoms with van der Waals surface area (Å²) in [5.74, 6) is 0.0500. The molecule has 2 aromatic rings. The van der Waals surface area contributed by atoms with E-state index in [1.807, 2.05) is 42.5 Å². The van der Waals surface area contributed by atoms with Crippen LogP contribution in [0.2, 0.25) is 10.0 Å². The molecule has 25 heavy (non-hydrogen) atoms. The Morgan fingerprint density at radius 3 is 2.44 bits per heavy atom. The first-order valence-electron chi connectivity index (χ1n) is 8.56. The van der Waals surface area contributed by atoms with Crippen molar-refractivity contribution in [3.05, 3.63) is 63.6 Å². The Bertz CT molecular complexity index is 810. The van der Waals surface area contributed by atoms with Crippen molar-refractivity contribution in [3.8, 4) is 0 Å². The maximum absolute atomic E-state index is 13.1. The fourth-order valence-corrected chi connectivity index (χ4v) is 3.88. The molecule has 0 radical (unpaired) electrons. The molecule has 1 unspecified atom stereocenters. The van der Waals surface area contributed by atoms with E-state index in [9.17, 15) is 4.79 Å². The van der Waals surface area contributed by atoms with Crippen molar-refractivity contribution in [2.75, 3.05) is 5.32 Å². The van der Waals surface area contributed by atoms with E-state index in [-0.39, 0.29) is 11.3 Å². The Morgan fingerprint density at radius 1 is 1.04 bits per heavy atom. The number of amides is 1. The number of hydrogen-bond donors (Lipinski definition) is 1. The van der Waals surface area contributed by atoms with Gasteiger partial charge in [0.15, 0.2) is 0 Å². The standard InChI is InChI=1S/C21H23Cl2NO/c1-20(2,3)9-10-21(13-14-5-4-6-15(22)11-14)17-8-7-16(23)12-18(17)24-19(21)25/h4-8,11-12H,9-10,13H2,1-3H3,(H,24,25). The number of fused-ring (bicyclic) bond motifs is 1. The van der Waals surface area contributed by atoms with Crippen molar-refractivity contribution in [3.63, 3.8) is 0 Å². The van der Waals surface area contributed by atoms with Gasteiger partial charge < -0.3 is 5.32 Å². The fourth-order valence-electron chi connectivity index (χ4n) is 3.50. The number of halogens is 2. The highest BCUT2D eigenvalue weighted by atomic mass is 35.5. The largest absolute Gasteiger partial charge is 0.325 e. The van der Waals surface area contributed by atoms with Gasteiger partial charge in [-0.25, -0.2) is 0 Å². The first-order chi connectivity index (χ1) is 11.7. The molecule has 0 bridgehead atoms. The van der Waals surface area contributed by atoms with Crippen LogP contribution < -0.4 is 5.32 Å². The third-order valence-electron chi connectivity index (χ3n) is 4.88.